The highest BCUT2D eigenvalue weighted by molar-refractivity contribution is 7.99. The molecular weight excluding hydrogens is 472 g/mol. The fourth-order valence-corrected chi connectivity index (χ4v) is 5.07. The highest BCUT2D eigenvalue weighted by Crippen LogP contribution is 2.32. The van der Waals surface area contributed by atoms with Crippen LogP contribution in [0.5, 0.6) is 0 Å². The van der Waals surface area contributed by atoms with Gasteiger partial charge in [0.05, 0.1) is 28.8 Å². The molecule has 1 amide bonds. The van der Waals surface area contributed by atoms with Crippen LogP contribution in [-0.4, -0.2) is 59.8 Å². The Morgan fingerprint density at radius 3 is 2.47 bits per heavy atom. The number of carbonyl (C=O) groups excluding carboxylic acids is 1. The Labute approximate surface area is 203 Å². The summed E-state index contributed by atoms with van der Waals surface area (Å²) in [5.41, 5.74) is 3.43. The van der Waals surface area contributed by atoms with Gasteiger partial charge in [-0.15, -0.1) is 10.2 Å². The maximum atomic E-state index is 12.7. The molecule has 3 aromatic rings. The summed E-state index contributed by atoms with van der Waals surface area (Å²) in [6.45, 7) is 4.24. The molecule has 1 heterocycles. The van der Waals surface area contributed by atoms with E-state index in [2.05, 4.69) is 15.5 Å². The molecular formula is C23H26N6O3S2. The molecule has 0 bridgehead atoms. The van der Waals surface area contributed by atoms with Gasteiger partial charge in [-0.1, -0.05) is 42.1 Å². The number of amides is 1. The molecule has 0 spiro atoms. The van der Waals surface area contributed by atoms with Crippen LogP contribution in [0.4, 0.5) is 0 Å². The Balaban J connectivity index is 2.08. The van der Waals surface area contributed by atoms with Crippen molar-refractivity contribution < 1.29 is 13.2 Å². The lowest BCUT2D eigenvalue weighted by atomic mass is 10.1. The number of aryl methyl sites for hydroxylation is 2. The normalized spacial score (nSPS) is 11.4. The van der Waals surface area contributed by atoms with Crippen LogP contribution in [0.2, 0.25) is 0 Å². The van der Waals surface area contributed by atoms with Crippen molar-refractivity contribution >= 4 is 27.7 Å². The smallest absolute Gasteiger partial charge is 0.242 e. The first kappa shape index (κ1) is 25.4. The molecule has 0 atom stereocenters. The van der Waals surface area contributed by atoms with Crippen LogP contribution in [0.3, 0.4) is 0 Å². The van der Waals surface area contributed by atoms with Gasteiger partial charge < -0.3 is 5.32 Å². The van der Waals surface area contributed by atoms with E-state index < -0.39 is 10.0 Å². The third-order valence-electron chi connectivity index (χ3n) is 5.06. The molecule has 0 saturated carbocycles. The van der Waals surface area contributed by atoms with Gasteiger partial charge >= 0.3 is 0 Å². The third kappa shape index (κ3) is 5.47. The Kier molecular flexibility index (Phi) is 8.09. The summed E-state index contributed by atoms with van der Waals surface area (Å²) in [5.74, 6) is 0.362. The van der Waals surface area contributed by atoms with Gasteiger partial charge in [-0.05, 0) is 37.1 Å². The minimum atomic E-state index is -3.63. The van der Waals surface area contributed by atoms with Crippen molar-refractivity contribution in [1.29, 1.82) is 5.26 Å². The largest absolute Gasteiger partial charge is 0.354 e. The van der Waals surface area contributed by atoms with E-state index in [0.29, 0.717) is 16.5 Å². The number of sulfonamides is 1. The van der Waals surface area contributed by atoms with Gasteiger partial charge in [0, 0.05) is 26.2 Å². The molecule has 0 aliphatic carbocycles. The number of aromatic nitrogens is 3. The fourth-order valence-electron chi connectivity index (χ4n) is 3.36. The molecule has 0 aliphatic rings. The van der Waals surface area contributed by atoms with Crippen molar-refractivity contribution in [2.45, 2.75) is 30.3 Å². The lowest BCUT2D eigenvalue weighted by molar-refractivity contribution is -0.118. The summed E-state index contributed by atoms with van der Waals surface area (Å²) in [7, 11) is -0.665. The summed E-state index contributed by atoms with van der Waals surface area (Å²) < 4.78 is 28.4. The number of thioether (sulfide) groups is 1. The molecule has 0 aliphatic heterocycles. The van der Waals surface area contributed by atoms with E-state index in [4.69, 9.17) is 5.26 Å². The number of nitrogens with zero attached hydrogens (tertiary/aromatic N) is 5. The van der Waals surface area contributed by atoms with Crippen LogP contribution >= 0.6 is 11.8 Å². The first-order valence-electron chi connectivity index (χ1n) is 10.5. The van der Waals surface area contributed by atoms with Crippen LogP contribution in [0.1, 0.15) is 17.5 Å². The van der Waals surface area contributed by atoms with Crippen LogP contribution in [0.15, 0.2) is 52.5 Å². The predicted molar refractivity (Wildman–Crippen MR) is 131 cm³/mol. The fraction of sp³-hybridized carbons (Fsp3) is 0.304. The third-order valence-corrected chi connectivity index (χ3v) is 7.80. The molecule has 178 valence electrons. The molecule has 0 radical (unpaired) electrons. The lowest BCUT2D eigenvalue weighted by Crippen LogP contribution is -2.26. The Morgan fingerprint density at radius 1 is 1.15 bits per heavy atom. The van der Waals surface area contributed by atoms with Crippen molar-refractivity contribution in [3.05, 3.63) is 53.6 Å². The van der Waals surface area contributed by atoms with E-state index in [1.54, 1.807) is 24.3 Å². The zero-order valence-electron chi connectivity index (χ0n) is 19.4. The van der Waals surface area contributed by atoms with Gasteiger partial charge in [0.25, 0.3) is 0 Å². The van der Waals surface area contributed by atoms with Crippen LogP contribution in [-0.2, 0) is 14.8 Å². The second-order valence-electron chi connectivity index (χ2n) is 7.74. The number of para-hydroxylation sites is 1. The zero-order valence-corrected chi connectivity index (χ0v) is 21.1. The number of hydrogen-bond acceptors (Lipinski definition) is 7. The van der Waals surface area contributed by atoms with Crippen LogP contribution in [0.25, 0.3) is 17.1 Å². The van der Waals surface area contributed by atoms with Crippen molar-refractivity contribution in [3.63, 3.8) is 0 Å². The number of hydrogen-bond donors (Lipinski definition) is 1. The summed E-state index contributed by atoms with van der Waals surface area (Å²) >= 11 is 1.22. The summed E-state index contributed by atoms with van der Waals surface area (Å²) in [6.07, 6.45) is 0.241. The van der Waals surface area contributed by atoms with Gasteiger partial charge in [0.2, 0.25) is 15.9 Å². The topological polar surface area (TPSA) is 121 Å². The number of rotatable bonds is 9. The molecule has 1 N–H and O–H groups in total. The van der Waals surface area contributed by atoms with E-state index >= 15 is 0 Å². The first-order chi connectivity index (χ1) is 16.2. The summed E-state index contributed by atoms with van der Waals surface area (Å²) in [5, 5.41) is 20.6. The van der Waals surface area contributed by atoms with Gasteiger partial charge in [-0.3, -0.25) is 9.36 Å². The molecule has 1 aromatic heterocycles. The Morgan fingerprint density at radius 2 is 1.82 bits per heavy atom. The molecule has 3 rings (SSSR count). The van der Waals surface area contributed by atoms with Gasteiger partial charge in [0.15, 0.2) is 11.0 Å². The summed E-state index contributed by atoms with van der Waals surface area (Å²) in [4.78, 5) is 12.3. The SMILES string of the molecule is Cc1cccc(C)c1-n1c(SCC(=O)NCCC#N)nnc1-c1cccc(S(=O)(=O)N(C)C)c1. The van der Waals surface area contributed by atoms with Crippen molar-refractivity contribution in [1.82, 2.24) is 24.4 Å². The van der Waals surface area contributed by atoms with Gasteiger partial charge in [-0.25, -0.2) is 12.7 Å². The minimum Gasteiger partial charge on any atom is -0.354 e. The Hall–Kier alpha value is -3.20. The summed E-state index contributed by atoms with van der Waals surface area (Å²) in [6, 6.07) is 14.5. The van der Waals surface area contributed by atoms with E-state index in [-0.39, 0.29) is 29.5 Å². The first-order valence-corrected chi connectivity index (χ1v) is 12.9. The lowest BCUT2D eigenvalue weighted by Gasteiger charge is -2.16. The maximum Gasteiger partial charge on any atom is 0.242 e. The van der Waals surface area contributed by atoms with Crippen molar-refractivity contribution in [2.75, 3.05) is 26.4 Å². The second-order valence-corrected chi connectivity index (χ2v) is 10.8. The quantitative estimate of drug-likeness (QED) is 0.356. The maximum absolute atomic E-state index is 12.7. The number of benzene rings is 2. The van der Waals surface area contributed by atoms with Gasteiger partial charge in [0.1, 0.15) is 0 Å². The highest BCUT2D eigenvalue weighted by atomic mass is 32.2. The number of nitrogens with one attached hydrogen (secondary N) is 1. The number of nitriles is 1. The average molecular weight is 499 g/mol. The van der Waals surface area contributed by atoms with E-state index in [1.165, 1.54) is 25.9 Å². The standard InChI is InChI=1S/C23H26N6O3S2/c1-16-8-5-9-17(2)21(16)29-22(18-10-6-11-19(14-18)34(31,32)28(3)4)26-27-23(29)33-15-20(30)25-13-7-12-24/h5-6,8-11,14H,7,13,15H2,1-4H3,(H,25,30). The zero-order chi connectivity index (χ0) is 24.9. The molecule has 2 aromatic carbocycles. The highest BCUT2D eigenvalue weighted by Gasteiger charge is 2.22. The van der Waals surface area contributed by atoms with Crippen LogP contribution < -0.4 is 5.32 Å². The molecule has 0 saturated heterocycles. The monoisotopic (exact) mass is 498 g/mol. The van der Waals surface area contributed by atoms with Crippen molar-refractivity contribution in [2.24, 2.45) is 0 Å². The molecule has 0 unspecified atom stereocenters. The van der Waals surface area contributed by atoms with E-state index in [9.17, 15) is 13.2 Å². The van der Waals surface area contributed by atoms with Crippen molar-refractivity contribution in [3.8, 4) is 23.1 Å². The van der Waals surface area contributed by atoms with E-state index in [0.717, 1.165) is 21.1 Å². The molecule has 0 fully saturated rings. The Bertz CT molecular complexity index is 1320. The molecule has 9 nitrogen and oxygen atoms in total. The average Bonchev–Trinajstić information content (AvgIpc) is 3.21. The minimum absolute atomic E-state index is 0.101. The van der Waals surface area contributed by atoms with Gasteiger partial charge in [-0.2, -0.15) is 5.26 Å². The van der Waals surface area contributed by atoms with E-state index in [1.807, 2.05) is 42.7 Å². The molecule has 11 heteroatoms. The number of carbonyl (C=O) groups is 1. The second kappa shape index (κ2) is 10.8. The van der Waals surface area contributed by atoms with Crippen LogP contribution in [0, 0.1) is 25.2 Å². The molecule has 34 heavy (non-hydrogen) atoms. The predicted octanol–water partition coefficient (Wildman–Crippen LogP) is 2.92.